The summed E-state index contributed by atoms with van der Waals surface area (Å²) in [5.41, 5.74) is 0. The van der Waals surface area contributed by atoms with Gasteiger partial charge in [0.25, 0.3) is 0 Å². The van der Waals surface area contributed by atoms with E-state index in [1.807, 2.05) is 49.5 Å². The number of methoxy groups -OCH3 is 1. The van der Waals surface area contributed by atoms with Gasteiger partial charge in [0.2, 0.25) is 0 Å². The molecule has 0 radical (unpaired) electrons. The molecule has 0 spiro atoms. The molecular formula is C49H76O17. The monoisotopic (exact) mass is 937 g/mol. The molecule has 2 saturated heterocycles. The fourth-order valence-electron chi connectivity index (χ4n) is 8.27. The summed E-state index contributed by atoms with van der Waals surface area (Å²) < 4.78 is 28.6. The molecule has 17 nitrogen and oxygen atoms in total. The second-order valence-electron chi connectivity index (χ2n) is 18.0. The fraction of sp³-hybridized carbons (Fsp3) is 0.673. The highest BCUT2D eigenvalue weighted by Crippen LogP contribution is 2.39. The summed E-state index contributed by atoms with van der Waals surface area (Å²) in [6, 6.07) is 0. The van der Waals surface area contributed by atoms with Crippen LogP contribution in [0.4, 0.5) is 0 Å². The summed E-state index contributed by atoms with van der Waals surface area (Å²) in [6.45, 7) is 8.52. The third-order valence-electron chi connectivity index (χ3n) is 12.5. The van der Waals surface area contributed by atoms with Gasteiger partial charge in [-0.05, 0) is 33.1 Å². The number of ether oxygens (including phenoxy) is 5. The predicted molar refractivity (Wildman–Crippen MR) is 243 cm³/mol. The van der Waals surface area contributed by atoms with Crippen LogP contribution in [0.15, 0.2) is 85.1 Å². The zero-order chi connectivity index (χ0) is 49.1. The number of carbonyl (C=O) groups excluding carboxylic acids is 2. The van der Waals surface area contributed by atoms with E-state index in [-0.39, 0.29) is 31.6 Å². The van der Waals surface area contributed by atoms with Crippen molar-refractivity contribution in [2.45, 2.75) is 177 Å². The van der Waals surface area contributed by atoms with E-state index >= 15 is 0 Å². The molecule has 66 heavy (non-hydrogen) atoms. The van der Waals surface area contributed by atoms with Crippen molar-refractivity contribution in [3.8, 4) is 0 Å². The van der Waals surface area contributed by atoms with E-state index in [9.17, 15) is 60.7 Å². The van der Waals surface area contributed by atoms with E-state index in [2.05, 4.69) is 0 Å². The molecule has 3 rings (SSSR count). The molecule has 3 aliphatic heterocycles. The van der Waals surface area contributed by atoms with Crippen LogP contribution < -0.4 is 0 Å². The van der Waals surface area contributed by atoms with Crippen LogP contribution in [0.25, 0.3) is 0 Å². The van der Waals surface area contributed by atoms with Gasteiger partial charge >= 0.3 is 11.9 Å². The smallest absolute Gasteiger partial charge is 0.313 e. The van der Waals surface area contributed by atoms with Crippen molar-refractivity contribution in [2.24, 2.45) is 23.7 Å². The van der Waals surface area contributed by atoms with Gasteiger partial charge in [-0.3, -0.25) is 9.59 Å². The average molecular weight is 937 g/mol. The summed E-state index contributed by atoms with van der Waals surface area (Å²) in [7, 11) is 1.13. The summed E-state index contributed by atoms with van der Waals surface area (Å²) in [4.78, 5) is 25.7. The van der Waals surface area contributed by atoms with E-state index in [1.165, 1.54) is 0 Å². The number of hydrogen-bond acceptors (Lipinski definition) is 17. The standard InChI is InChI=1S/C49H76O17/c1-29-19-17-15-13-11-9-7-8-10-12-14-16-18-20-37(65-48-46(59)31(3)45(58)33(5)64-48)26-41-43(47(60)62-6)40(55)28-49(61,66-41)27-36(52)24-39(54)38(53)22-21-34(50)23-35(51)25-42(56)63-32(4)30(2)44(29)57/h7-20,29-41,43-46,48,50-55,57-59,61H,21-28H2,1-6H3/b8-7+,11-9+,12-10+,15-13+,16-14+,19-17+,20-18+. The highest BCUT2D eigenvalue weighted by molar-refractivity contribution is 5.74. The third kappa shape index (κ3) is 18.6. The van der Waals surface area contributed by atoms with Gasteiger partial charge in [0, 0.05) is 43.4 Å². The van der Waals surface area contributed by atoms with Crippen molar-refractivity contribution in [1.82, 2.24) is 0 Å². The molecule has 0 aromatic heterocycles. The minimum Gasteiger partial charge on any atom is -0.469 e. The van der Waals surface area contributed by atoms with Gasteiger partial charge in [0.05, 0.1) is 80.7 Å². The Kier molecular flexibility index (Phi) is 24.3. The quantitative estimate of drug-likeness (QED) is 0.181. The van der Waals surface area contributed by atoms with Crippen molar-refractivity contribution < 1.29 is 84.3 Å². The number of carbonyl (C=O) groups is 2. The van der Waals surface area contributed by atoms with Crippen molar-refractivity contribution in [3.05, 3.63) is 85.1 Å². The summed E-state index contributed by atoms with van der Waals surface area (Å²) in [5.74, 6) is -6.49. The van der Waals surface area contributed by atoms with Crippen molar-refractivity contribution in [1.29, 1.82) is 0 Å². The maximum absolute atomic E-state index is 13.1. The Balaban J connectivity index is 1.88. The zero-order valence-corrected chi connectivity index (χ0v) is 39.0. The van der Waals surface area contributed by atoms with Gasteiger partial charge in [-0.2, -0.15) is 0 Å². The van der Waals surface area contributed by atoms with Crippen LogP contribution in [-0.4, -0.2) is 162 Å². The van der Waals surface area contributed by atoms with Gasteiger partial charge < -0.3 is 74.7 Å². The van der Waals surface area contributed by atoms with Gasteiger partial charge in [0.15, 0.2) is 12.1 Å². The molecule has 0 aliphatic carbocycles. The summed E-state index contributed by atoms with van der Waals surface area (Å²) >= 11 is 0. The Morgan fingerprint density at radius 2 is 1.20 bits per heavy atom. The largest absolute Gasteiger partial charge is 0.469 e. The van der Waals surface area contributed by atoms with E-state index in [1.54, 1.807) is 70.2 Å². The molecular weight excluding hydrogens is 861 g/mol. The highest BCUT2D eigenvalue weighted by Gasteiger charge is 2.51. The van der Waals surface area contributed by atoms with E-state index < -0.39 is 147 Å². The Morgan fingerprint density at radius 3 is 1.79 bits per heavy atom. The third-order valence-corrected chi connectivity index (χ3v) is 12.5. The number of allylic oxidation sites excluding steroid dienone is 12. The molecule has 3 heterocycles. The highest BCUT2D eigenvalue weighted by atomic mass is 16.7. The van der Waals surface area contributed by atoms with E-state index in [0.717, 1.165) is 7.11 Å². The lowest BCUT2D eigenvalue weighted by Gasteiger charge is -2.45. The molecule has 0 saturated carbocycles. The number of hydrogen-bond donors (Lipinski definition) is 10. The summed E-state index contributed by atoms with van der Waals surface area (Å²) in [5, 5.41) is 109. The Bertz CT molecular complexity index is 1680. The van der Waals surface area contributed by atoms with Gasteiger partial charge in [-0.25, -0.2) is 0 Å². The average Bonchev–Trinajstić information content (AvgIpc) is 3.24. The number of aliphatic hydroxyl groups is 10. The van der Waals surface area contributed by atoms with E-state index in [4.69, 9.17) is 23.7 Å². The molecule has 17 heteroatoms. The minimum atomic E-state index is -2.25. The Labute approximate surface area is 388 Å². The number of rotatable bonds is 3. The van der Waals surface area contributed by atoms with Crippen LogP contribution in [0.5, 0.6) is 0 Å². The molecule has 19 atom stereocenters. The first kappa shape index (κ1) is 56.9. The normalized spacial score (nSPS) is 44.9. The van der Waals surface area contributed by atoms with Crippen LogP contribution in [-0.2, 0) is 33.3 Å². The minimum absolute atomic E-state index is 0.0880. The van der Waals surface area contributed by atoms with Crippen LogP contribution in [0.2, 0.25) is 0 Å². The molecule has 3 aliphatic rings. The van der Waals surface area contributed by atoms with Crippen molar-refractivity contribution >= 4 is 11.9 Å². The molecule has 374 valence electrons. The first-order valence-corrected chi connectivity index (χ1v) is 23.0. The first-order valence-electron chi connectivity index (χ1n) is 23.0. The lowest BCUT2D eigenvalue weighted by molar-refractivity contribution is -0.311. The molecule has 0 aromatic carbocycles. The molecule has 19 unspecified atom stereocenters. The number of aliphatic hydroxyl groups excluding tert-OH is 9. The van der Waals surface area contributed by atoms with Gasteiger partial charge in [-0.15, -0.1) is 0 Å². The lowest BCUT2D eigenvalue weighted by Crippen LogP contribution is -2.57. The molecule has 0 amide bonds. The predicted octanol–water partition coefficient (Wildman–Crippen LogP) is 2.11. The maximum atomic E-state index is 13.1. The van der Waals surface area contributed by atoms with Crippen molar-refractivity contribution in [3.63, 3.8) is 0 Å². The zero-order valence-electron chi connectivity index (χ0n) is 39.0. The molecule has 10 N–H and O–H groups in total. The van der Waals surface area contributed by atoms with Crippen molar-refractivity contribution in [2.75, 3.05) is 7.11 Å². The number of fused-ring (bicyclic) bond motifs is 2. The Morgan fingerprint density at radius 1 is 0.621 bits per heavy atom. The maximum Gasteiger partial charge on any atom is 0.313 e. The fourth-order valence-corrected chi connectivity index (χ4v) is 8.27. The topological polar surface area (TPSA) is 283 Å². The van der Waals surface area contributed by atoms with Gasteiger partial charge in [0.1, 0.15) is 18.1 Å². The van der Waals surface area contributed by atoms with Crippen LogP contribution >= 0.6 is 0 Å². The molecule has 2 bridgehead atoms. The lowest BCUT2D eigenvalue weighted by atomic mass is 9.82. The van der Waals surface area contributed by atoms with E-state index in [0.29, 0.717) is 0 Å². The van der Waals surface area contributed by atoms with Crippen LogP contribution in [0.1, 0.15) is 86.0 Å². The molecule has 2 fully saturated rings. The molecule has 0 aromatic rings. The van der Waals surface area contributed by atoms with Crippen LogP contribution in [0, 0.1) is 23.7 Å². The summed E-state index contributed by atoms with van der Waals surface area (Å²) in [6.07, 6.45) is 5.68. The first-order chi connectivity index (χ1) is 31.2. The number of cyclic esters (lactones) is 1. The second kappa shape index (κ2) is 28.2. The Hall–Kier alpha value is -3.40. The van der Waals surface area contributed by atoms with Crippen LogP contribution in [0.3, 0.4) is 0 Å². The SMILES string of the molecule is COC(=O)C1C(O)CC2(O)CC(O)CC(O)C(O)CCC(O)CC(O)CC(=O)OC(C)C(C)C(O)C(C)/C=C/C=C/C=C/C=C/C=C/C=C/C=C/C(OC3OC(C)C(O)C(C)C3O)CC1O2. The second-order valence-corrected chi connectivity index (χ2v) is 18.0. The number of esters is 2. The van der Waals surface area contributed by atoms with Gasteiger partial charge in [-0.1, -0.05) is 106 Å².